The third-order valence-electron chi connectivity index (χ3n) is 3.35. The summed E-state index contributed by atoms with van der Waals surface area (Å²) in [6.45, 7) is 4.21. The number of ether oxygens (including phenoxy) is 1. The van der Waals surface area contributed by atoms with Gasteiger partial charge in [0, 0.05) is 16.2 Å². The van der Waals surface area contributed by atoms with Gasteiger partial charge in [-0.1, -0.05) is 12.1 Å². The van der Waals surface area contributed by atoms with E-state index in [-0.39, 0.29) is 12.1 Å². The molecule has 0 bridgehead atoms. The fourth-order valence-electron chi connectivity index (χ4n) is 2.42. The number of thiophene rings is 1. The summed E-state index contributed by atoms with van der Waals surface area (Å²) in [7, 11) is 0. The van der Waals surface area contributed by atoms with Crippen molar-refractivity contribution >= 4 is 11.3 Å². The number of rotatable bonds is 2. The van der Waals surface area contributed by atoms with Crippen LogP contribution in [-0.2, 0) is 6.42 Å². The van der Waals surface area contributed by atoms with E-state index in [1.54, 1.807) is 11.3 Å². The van der Waals surface area contributed by atoms with Crippen LogP contribution >= 0.6 is 11.3 Å². The zero-order valence-corrected chi connectivity index (χ0v) is 11.5. The van der Waals surface area contributed by atoms with E-state index in [4.69, 9.17) is 10.5 Å². The van der Waals surface area contributed by atoms with Crippen LogP contribution in [-0.4, -0.2) is 6.10 Å². The Bertz CT molecular complexity index is 576. The summed E-state index contributed by atoms with van der Waals surface area (Å²) in [5.74, 6) is 1.01. The van der Waals surface area contributed by atoms with Crippen molar-refractivity contribution in [1.29, 1.82) is 0 Å². The van der Waals surface area contributed by atoms with E-state index in [0.717, 1.165) is 12.2 Å². The molecule has 2 atom stereocenters. The van der Waals surface area contributed by atoms with Crippen molar-refractivity contribution in [1.82, 2.24) is 0 Å². The van der Waals surface area contributed by atoms with Gasteiger partial charge in [-0.15, -0.1) is 11.3 Å². The summed E-state index contributed by atoms with van der Waals surface area (Å²) in [4.78, 5) is 2.53. The van der Waals surface area contributed by atoms with Gasteiger partial charge >= 0.3 is 0 Å². The molecule has 0 amide bonds. The van der Waals surface area contributed by atoms with Gasteiger partial charge in [0.1, 0.15) is 11.9 Å². The quantitative estimate of drug-likeness (QED) is 0.896. The number of hydrogen-bond donors (Lipinski definition) is 1. The molecule has 3 heteroatoms. The van der Waals surface area contributed by atoms with Crippen LogP contribution in [0.3, 0.4) is 0 Å². The molecule has 1 aliphatic rings. The zero-order valence-electron chi connectivity index (χ0n) is 10.6. The average molecular weight is 259 g/mol. The molecule has 0 aliphatic carbocycles. The second-order valence-electron chi connectivity index (χ2n) is 4.93. The summed E-state index contributed by atoms with van der Waals surface area (Å²) in [5, 5.41) is 0. The van der Waals surface area contributed by atoms with Crippen LogP contribution in [0.5, 0.6) is 5.75 Å². The van der Waals surface area contributed by atoms with Gasteiger partial charge in [-0.2, -0.15) is 0 Å². The summed E-state index contributed by atoms with van der Waals surface area (Å²) in [5.41, 5.74) is 8.78. The zero-order chi connectivity index (χ0) is 12.7. The van der Waals surface area contributed by atoms with Crippen molar-refractivity contribution in [2.75, 3.05) is 0 Å². The molecule has 2 aromatic rings. The van der Waals surface area contributed by atoms with Gasteiger partial charge in [0.15, 0.2) is 0 Å². The summed E-state index contributed by atoms with van der Waals surface area (Å²) < 4.78 is 5.71. The van der Waals surface area contributed by atoms with Gasteiger partial charge < -0.3 is 10.5 Å². The number of aryl methyl sites for hydroxylation is 1. The van der Waals surface area contributed by atoms with Gasteiger partial charge in [0.05, 0.1) is 6.04 Å². The van der Waals surface area contributed by atoms with Crippen LogP contribution in [0.25, 0.3) is 0 Å². The van der Waals surface area contributed by atoms with Gasteiger partial charge in [-0.3, -0.25) is 0 Å². The molecule has 1 aromatic carbocycles. The normalized spacial score (nSPS) is 19.4. The predicted octanol–water partition coefficient (Wildman–Crippen LogP) is 3.43. The second kappa shape index (κ2) is 4.41. The Kier molecular flexibility index (Phi) is 2.88. The van der Waals surface area contributed by atoms with Crippen molar-refractivity contribution in [3.63, 3.8) is 0 Å². The Morgan fingerprint density at radius 1 is 1.33 bits per heavy atom. The van der Waals surface area contributed by atoms with E-state index in [1.807, 2.05) is 0 Å². The van der Waals surface area contributed by atoms with Gasteiger partial charge in [0.2, 0.25) is 0 Å². The first-order valence-corrected chi connectivity index (χ1v) is 7.06. The van der Waals surface area contributed by atoms with Crippen LogP contribution in [0, 0.1) is 6.92 Å². The Morgan fingerprint density at radius 3 is 2.89 bits per heavy atom. The molecule has 2 N–H and O–H groups in total. The van der Waals surface area contributed by atoms with Gasteiger partial charge in [0.25, 0.3) is 0 Å². The highest BCUT2D eigenvalue weighted by Gasteiger charge is 2.20. The maximum atomic E-state index is 6.33. The van der Waals surface area contributed by atoms with E-state index in [2.05, 4.69) is 44.2 Å². The lowest BCUT2D eigenvalue weighted by Gasteiger charge is -2.11. The SMILES string of the molecule is Cc1ccc(C(N)c2ccc3c(c2)CC(C)O3)s1. The van der Waals surface area contributed by atoms with Crippen LogP contribution < -0.4 is 10.5 Å². The van der Waals surface area contributed by atoms with E-state index >= 15 is 0 Å². The van der Waals surface area contributed by atoms with E-state index in [0.29, 0.717) is 0 Å². The first-order valence-electron chi connectivity index (χ1n) is 6.25. The fraction of sp³-hybridized carbons (Fsp3) is 0.333. The highest BCUT2D eigenvalue weighted by atomic mass is 32.1. The maximum Gasteiger partial charge on any atom is 0.123 e. The molecule has 18 heavy (non-hydrogen) atoms. The van der Waals surface area contributed by atoms with E-state index < -0.39 is 0 Å². The topological polar surface area (TPSA) is 35.2 Å². The number of hydrogen-bond acceptors (Lipinski definition) is 3. The molecule has 0 spiro atoms. The molecule has 3 rings (SSSR count). The molecule has 1 aliphatic heterocycles. The Balaban J connectivity index is 1.91. The van der Waals surface area contributed by atoms with Crippen molar-refractivity contribution in [3.05, 3.63) is 51.2 Å². The van der Waals surface area contributed by atoms with Gasteiger partial charge in [-0.05, 0) is 43.2 Å². The Hall–Kier alpha value is -1.32. The summed E-state index contributed by atoms with van der Waals surface area (Å²) in [6, 6.07) is 10.5. The molecule has 2 heterocycles. The summed E-state index contributed by atoms with van der Waals surface area (Å²) >= 11 is 1.77. The highest BCUT2D eigenvalue weighted by molar-refractivity contribution is 7.12. The summed E-state index contributed by atoms with van der Waals surface area (Å²) in [6.07, 6.45) is 1.27. The van der Waals surface area contributed by atoms with Crippen molar-refractivity contribution < 1.29 is 4.74 Å². The number of nitrogens with two attached hydrogens (primary N) is 1. The highest BCUT2D eigenvalue weighted by Crippen LogP contribution is 2.33. The van der Waals surface area contributed by atoms with E-state index in [9.17, 15) is 0 Å². The number of benzene rings is 1. The minimum absolute atomic E-state index is 0.0232. The van der Waals surface area contributed by atoms with Gasteiger partial charge in [-0.25, -0.2) is 0 Å². The van der Waals surface area contributed by atoms with Crippen molar-refractivity contribution in [2.24, 2.45) is 5.73 Å². The lowest BCUT2D eigenvalue weighted by Crippen LogP contribution is -2.10. The largest absolute Gasteiger partial charge is 0.490 e. The minimum Gasteiger partial charge on any atom is -0.490 e. The molecule has 0 radical (unpaired) electrons. The molecule has 0 saturated carbocycles. The van der Waals surface area contributed by atoms with Crippen molar-refractivity contribution in [2.45, 2.75) is 32.4 Å². The third kappa shape index (κ3) is 2.04. The number of fused-ring (bicyclic) bond motifs is 1. The monoisotopic (exact) mass is 259 g/mol. The standard InChI is InChI=1S/C15H17NOS/c1-9-7-12-8-11(4-5-13(12)17-9)15(16)14-6-3-10(2)18-14/h3-6,8-9,15H,7,16H2,1-2H3. The molecule has 2 nitrogen and oxygen atoms in total. The van der Waals surface area contributed by atoms with Crippen molar-refractivity contribution in [3.8, 4) is 5.75 Å². The third-order valence-corrected chi connectivity index (χ3v) is 4.43. The molecule has 0 fully saturated rings. The first-order chi connectivity index (χ1) is 8.63. The van der Waals surface area contributed by atoms with E-state index in [1.165, 1.54) is 20.9 Å². The lowest BCUT2D eigenvalue weighted by atomic mass is 10.0. The average Bonchev–Trinajstić information content (AvgIpc) is 2.92. The van der Waals surface area contributed by atoms with Crippen LogP contribution in [0.2, 0.25) is 0 Å². The maximum absolute atomic E-state index is 6.33. The molecule has 0 saturated heterocycles. The molecular weight excluding hydrogens is 242 g/mol. The molecule has 2 unspecified atom stereocenters. The first kappa shape index (κ1) is 11.8. The molecule has 94 valence electrons. The Labute approximate surface area is 111 Å². The van der Waals surface area contributed by atoms with Crippen LogP contribution in [0.15, 0.2) is 30.3 Å². The molecular formula is C15H17NOS. The lowest BCUT2D eigenvalue weighted by molar-refractivity contribution is 0.254. The second-order valence-corrected chi connectivity index (χ2v) is 6.25. The fourth-order valence-corrected chi connectivity index (χ4v) is 3.33. The smallest absolute Gasteiger partial charge is 0.123 e. The Morgan fingerprint density at radius 2 is 2.17 bits per heavy atom. The minimum atomic E-state index is -0.0232. The predicted molar refractivity (Wildman–Crippen MR) is 75.3 cm³/mol. The van der Waals surface area contributed by atoms with Crippen LogP contribution in [0.1, 0.15) is 33.8 Å². The van der Waals surface area contributed by atoms with Crippen LogP contribution in [0.4, 0.5) is 0 Å². The molecule has 1 aromatic heterocycles.